The molecule has 3 rings (SSSR count). The molecule has 8 heteroatoms. The van der Waals surface area contributed by atoms with Gasteiger partial charge in [0.2, 0.25) is 11.8 Å². The number of anilines is 1. The van der Waals surface area contributed by atoms with Crippen molar-refractivity contribution in [1.82, 2.24) is 10.2 Å². The Morgan fingerprint density at radius 3 is 2.32 bits per heavy atom. The summed E-state index contributed by atoms with van der Waals surface area (Å²) >= 11 is 0. The number of hydrogen-bond donors (Lipinski definition) is 1. The highest BCUT2D eigenvalue weighted by Gasteiger charge is 2.30. The van der Waals surface area contributed by atoms with Crippen LogP contribution in [0.2, 0.25) is 0 Å². The zero-order valence-corrected chi connectivity index (χ0v) is 12.7. The van der Waals surface area contributed by atoms with Crippen LogP contribution in [0.4, 0.5) is 19.2 Å². The van der Waals surface area contributed by atoms with Gasteiger partial charge in [0.1, 0.15) is 0 Å². The summed E-state index contributed by atoms with van der Waals surface area (Å²) in [6, 6.07) is 13.3. The monoisotopic (exact) mass is 347 g/mol. The van der Waals surface area contributed by atoms with E-state index in [4.69, 9.17) is 4.42 Å². The van der Waals surface area contributed by atoms with E-state index in [1.54, 1.807) is 12.1 Å². The number of benzene rings is 2. The van der Waals surface area contributed by atoms with Crippen LogP contribution in [0, 0.1) is 0 Å². The van der Waals surface area contributed by atoms with E-state index in [1.165, 1.54) is 12.1 Å². The van der Waals surface area contributed by atoms with Crippen molar-refractivity contribution in [2.45, 2.75) is 12.6 Å². The summed E-state index contributed by atoms with van der Waals surface area (Å²) in [5, 5.41) is 9.86. The maximum Gasteiger partial charge on any atom is 0.416 e. The van der Waals surface area contributed by atoms with Crippen molar-refractivity contribution in [2.24, 2.45) is 0 Å². The van der Waals surface area contributed by atoms with Crippen LogP contribution in [0.25, 0.3) is 11.5 Å². The molecule has 0 unspecified atom stereocenters. The first-order valence-corrected chi connectivity index (χ1v) is 7.27. The highest BCUT2D eigenvalue weighted by molar-refractivity contribution is 5.90. The van der Waals surface area contributed by atoms with E-state index in [9.17, 15) is 18.0 Å². The van der Waals surface area contributed by atoms with Crippen LogP contribution in [0.1, 0.15) is 11.1 Å². The molecule has 0 aliphatic heterocycles. The number of hydrogen-bond acceptors (Lipinski definition) is 4. The Morgan fingerprint density at radius 1 is 1.00 bits per heavy atom. The minimum absolute atomic E-state index is 0.0173. The molecule has 0 bridgehead atoms. The number of nitrogens with one attached hydrogen (secondary N) is 1. The zero-order chi connectivity index (χ0) is 17.9. The third-order valence-electron chi connectivity index (χ3n) is 3.34. The van der Waals surface area contributed by atoms with Gasteiger partial charge in [-0.2, -0.15) is 13.2 Å². The molecule has 1 heterocycles. The van der Waals surface area contributed by atoms with E-state index in [1.807, 2.05) is 18.2 Å². The molecule has 1 aromatic heterocycles. The van der Waals surface area contributed by atoms with E-state index in [2.05, 4.69) is 15.5 Å². The third-order valence-corrected chi connectivity index (χ3v) is 3.34. The van der Waals surface area contributed by atoms with Crippen LogP contribution in [-0.4, -0.2) is 16.1 Å². The van der Waals surface area contributed by atoms with Gasteiger partial charge in [-0.05, 0) is 29.8 Å². The predicted molar refractivity (Wildman–Crippen MR) is 83.5 cm³/mol. The van der Waals surface area contributed by atoms with Gasteiger partial charge in [0.15, 0.2) is 0 Å². The number of rotatable bonds is 4. The Hall–Kier alpha value is -3.16. The number of halogens is 3. The lowest BCUT2D eigenvalue weighted by Crippen LogP contribution is -2.14. The summed E-state index contributed by atoms with van der Waals surface area (Å²) < 4.78 is 42.9. The summed E-state index contributed by atoms with van der Waals surface area (Å²) in [7, 11) is 0. The van der Waals surface area contributed by atoms with Crippen LogP contribution in [-0.2, 0) is 17.4 Å². The molecule has 0 saturated heterocycles. The molecule has 1 amide bonds. The fourth-order valence-electron chi connectivity index (χ4n) is 2.14. The predicted octanol–water partition coefficient (Wildman–Crippen LogP) is 3.94. The largest absolute Gasteiger partial charge is 0.416 e. The number of carbonyl (C=O) groups excluding carboxylic acids is 1. The molecule has 0 radical (unpaired) electrons. The van der Waals surface area contributed by atoms with E-state index < -0.39 is 11.7 Å². The molecule has 2 aromatic carbocycles. The summed E-state index contributed by atoms with van der Waals surface area (Å²) in [5.74, 6) is -0.322. The van der Waals surface area contributed by atoms with Gasteiger partial charge < -0.3 is 4.42 Å². The Kier molecular flexibility index (Phi) is 4.51. The van der Waals surface area contributed by atoms with E-state index in [0.29, 0.717) is 5.56 Å². The Balaban J connectivity index is 1.67. The molecular weight excluding hydrogens is 335 g/mol. The van der Waals surface area contributed by atoms with Gasteiger partial charge in [-0.15, -0.1) is 5.10 Å². The lowest BCUT2D eigenvalue weighted by atomic mass is 10.1. The Labute approximate surface area is 140 Å². The smallest absolute Gasteiger partial charge is 0.403 e. The SMILES string of the molecule is O=C(Cc1ccccc1)Nc1nnc(-c2ccc(C(F)(F)F)cc2)o1. The highest BCUT2D eigenvalue weighted by Crippen LogP contribution is 2.30. The van der Waals surface area contributed by atoms with Gasteiger partial charge in [-0.3, -0.25) is 10.1 Å². The number of nitrogens with zero attached hydrogens (tertiary/aromatic N) is 2. The number of carbonyl (C=O) groups is 1. The minimum atomic E-state index is -4.41. The second-order valence-electron chi connectivity index (χ2n) is 5.20. The van der Waals surface area contributed by atoms with Crippen LogP contribution in [0.15, 0.2) is 59.0 Å². The molecule has 25 heavy (non-hydrogen) atoms. The fourth-order valence-corrected chi connectivity index (χ4v) is 2.14. The van der Waals surface area contributed by atoms with Crippen LogP contribution in [0.3, 0.4) is 0 Å². The maximum atomic E-state index is 12.5. The van der Waals surface area contributed by atoms with Crippen molar-refractivity contribution in [3.63, 3.8) is 0 Å². The molecule has 1 N–H and O–H groups in total. The third kappa shape index (κ3) is 4.23. The van der Waals surface area contributed by atoms with E-state index in [0.717, 1.165) is 17.7 Å². The van der Waals surface area contributed by atoms with Gasteiger partial charge in [-0.25, -0.2) is 0 Å². The van der Waals surface area contributed by atoms with Crippen LogP contribution >= 0.6 is 0 Å². The van der Waals surface area contributed by atoms with Crippen molar-refractivity contribution in [2.75, 3.05) is 5.32 Å². The maximum absolute atomic E-state index is 12.5. The first-order valence-electron chi connectivity index (χ1n) is 7.27. The van der Waals surface area contributed by atoms with Crippen molar-refractivity contribution in [1.29, 1.82) is 0 Å². The summed E-state index contributed by atoms with van der Waals surface area (Å²) in [5.41, 5.74) is 0.374. The lowest BCUT2D eigenvalue weighted by molar-refractivity contribution is -0.137. The Morgan fingerprint density at radius 2 is 1.68 bits per heavy atom. The molecule has 128 valence electrons. The summed E-state index contributed by atoms with van der Waals surface area (Å²) in [6.45, 7) is 0. The van der Waals surface area contributed by atoms with Gasteiger partial charge in [-0.1, -0.05) is 35.4 Å². The van der Waals surface area contributed by atoms with E-state index in [-0.39, 0.29) is 24.2 Å². The molecule has 0 atom stereocenters. The van der Waals surface area contributed by atoms with Crippen molar-refractivity contribution in [3.8, 4) is 11.5 Å². The zero-order valence-electron chi connectivity index (χ0n) is 12.7. The highest BCUT2D eigenvalue weighted by atomic mass is 19.4. The van der Waals surface area contributed by atoms with Crippen LogP contribution < -0.4 is 5.32 Å². The molecular formula is C17H12F3N3O2. The standard InChI is InChI=1S/C17H12F3N3O2/c18-17(19,20)13-8-6-12(7-9-13)15-22-23-16(25-15)21-14(24)10-11-4-2-1-3-5-11/h1-9H,10H2,(H,21,23,24). The first-order chi connectivity index (χ1) is 11.9. The quantitative estimate of drug-likeness (QED) is 0.776. The second kappa shape index (κ2) is 6.76. The number of amides is 1. The van der Waals surface area contributed by atoms with Gasteiger partial charge >= 0.3 is 12.2 Å². The van der Waals surface area contributed by atoms with Crippen LogP contribution in [0.5, 0.6) is 0 Å². The molecule has 0 aliphatic carbocycles. The number of aromatic nitrogens is 2. The van der Waals surface area contributed by atoms with Gasteiger partial charge in [0.05, 0.1) is 12.0 Å². The van der Waals surface area contributed by atoms with Crippen molar-refractivity contribution in [3.05, 3.63) is 65.7 Å². The van der Waals surface area contributed by atoms with Crippen molar-refractivity contribution >= 4 is 11.9 Å². The molecule has 5 nitrogen and oxygen atoms in total. The summed E-state index contributed by atoms with van der Waals surface area (Å²) in [4.78, 5) is 11.9. The first kappa shape index (κ1) is 16.7. The van der Waals surface area contributed by atoms with E-state index >= 15 is 0 Å². The summed E-state index contributed by atoms with van der Waals surface area (Å²) in [6.07, 6.45) is -4.28. The minimum Gasteiger partial charge on any atom is -0.403 e. The molecule has 0 saturated carbocycles. The van der Waals surface area contributed by atoms with Gasteiger partial charge in [0, 0.05) is 5.56 Å². The number of alkyl halides is 3. The molecule has 0 aliphatic rings. The molecule has 3 aromatic rings. The lowest BCUT2D eigenvalue weighted by Gasteiger charge is -2.05. The van der Waals surface area contributed by atoms with Crippen molar-refractivity contribution < 1.29 is 22.4 Å². The average molecular weight is 347 g/mol. The molecule has 0 spiro atoms. The topological polar surface area (TPSA) is 68.0 Å². The second-order valence-corrected chi connectivity index (χ2v) is 5.20. The fraction of sp³-hybridized carbons (Fsp3) is 0.118. The Bertz CT molecular complexity index is 859. The molecule has 0 fully saturated rings. The normalized spacial score (nSPS) is 11.3. The average Bonchev–Trinajstić information content (AvgIpc) is 3.03. The van der Waals surface area contributed by atoms with Gasteiger partial charge in [0.25, 0.3) is 0 Å².